The van der Waals surface area contributed by atoms with Crippen molar-refractivity contribution in [1.29, 1.82) is 0 Å². The Bertz CT molecular complexity index is 785. The van der Waals surface area contributed by atoms with Crippen molar-refractivity contribution in [2.75, 3.05) is 19.6 Å². The number of fused-ring (bicyclic) bond motifs is 1. The Labute approximate surface area is 149 Å². The Morgan fingerprint density at radius 1 is 1.27 bits per heavy atom. The third-order valence-corrected chi connectivity index (χ3v) is 4.49. The van der Waals surface area contributed by atoms with Gasteiger partial charge in [0.05, 0.1) is 5.56 Å². The van der Waals surface area contributed by atoms with Crippen LogP contribution >= 0.6 is 0 Å². The van der Waals surface area contributed by atoms with Gasteiger partial charge in [-0.1, -0.05) is 24.3 Å². The van der Waals surface area contributed by atoms with Crippen LogP contribution in [0.1, 0.15) is 33.6 Å². The Hall–Kier alpha value is -2.35. The highest BCUT2D eigenvalue weighted by Gasteiger charge is 2.38. The van der Waals surface area contributed by atoms with Crippen molar-refractivity contribution in [2.24, 2.45) is 7.05 Å². The van der Waals surface area contributed by atoms with Crippen molar-refractivity contribution in [1.82, 2.24) is 20.0 Å². The summed E-state index contributed by atoms with van der Waals surface area (Å²) in [4.78, 5) is 14.4. The van der Waals surface area contributed by atoms with E-state index in [4.69, 9.17) is 0 Å². The first-order valence-corrected chi connectivity index (χ1v) is 8.53. The molecule has 8 heteroatoms. The molecule has 0 aliphatic carbocycles. The number of rotatable bonds is 5. The molecule has 1 aromatic heterocycles. The van der Waals surface area contributed by atoms with E-state index in [1.165, 1.54) is 18.2 Å². The van der Waals surface area contributed by atoms with Crippen molar-refractivity contribution in [3.8, 4) is 0 Å². The maximum atomic E-state index is 12.9. The topological polar surface area (TPSA) is 50.2 Å². The van der Waals surface area contributed by atoms with E-state index in [0.29, 0.717) is 13.0 Å². The Kier molecular flexibility index (Phi) is 5.31. The molecule has 0 saturated heterocycles. The number of aromatic nitrogens is 2. The largest absolute Gasteiger partial charge is 0.435 e. The fraction of sp³-hybridized carbons (Fsp3) is 0.444. The Morgan fingerprint density at radius 2 is 2.00 bits per heavy atom. The fourth-order valence-corrected chi connectivity index (χ4v) is 3.21. The summed E-state index contributed by atoms with van der Waals surface area (Å²) >= 11 is 0. The molecule has 0 bridgehead atoms. The summed E-state index contributed by atoms with van der Waals surface area (Å²) in [6.07, 6.45) is -1.88. The molecule has 0 atom stereocenters. The average molecular weight is 366 g/mol. The highest BCUT2D eigenvalue weighted by molar-refractivity contribution is 5.95. The number of hydrogen-bond donors (Lipinski definition) is 1. The normalized spacial score (nSPS) is 14.9. The molecule has 0 saturated carbocycles. The summed E-state index contributed by atoms with van der Waals surface area (Å²) in [5.41, 5.74) is 1.10. The molecule has 2 heterocycles. The van der Waals surface area contributed by atoms with Crippen molar-refractivity contribution >= 4 is 5.91 Å². The van der Waals surface area contributed by atoms with Crippen LogP contribution in [0.3, 0.4) is 0 Å². The third-order valence-electron chi connectivity index (χ3n) is 4.49. The van der Waals surface area contributed by atoms with Gasteiger partial charge in [0.1, 0.15) is 0 Å². The van der Waals surface area contributed by atoms with Crippen molar-refractivity contribution in [3.05, 3.63) is 52.8 Å². The first-order valence-electron chi connectivity index (χ1n) is 8.53. The number of amides is 1. The summed E-state index contributed by atoms with van der Waals surface area (Å²) in [6.45, 7) is 2.92. The number of carbonyl (C=O) groups excluding carboxylic acids is 1. The number of benzene rings is 1. The molecule has 0 unspecified atom stereocenters. The summed E-state index contributed by atoms with van der Waals surface area (Å²) in [5.74, 6) is -0.741. The van der Waals surface area contributed by atoms with E-state index in [1.807, 2.05) is 12.1 Å². The monoisotopic (exact) mass is 366 g/mol. The van der Waals surface area contributed by atoms with E-state index >= 15 is 0 Å². The molecular formula is C18H21F3N4O. The van der Waals surface area contributed by atoms with Gasteiger partial charge >= 0.3 is 6.18 Å². The van der Waals surface area contributed by atoms with E-state index in [9.17, 15) is 18.0 Å². The van der Waals surface area contributed by atoms with Crippen LogP contribution in [-0.4, -0.2) is 40.2 Å². The van der Waals surface area contributed by atoms with Gasteiger partial charge in [0.25, 0.3) is 5.91 Å². The highest BCUT2D eigenvalue weighted by atomic mass is 19.4. The van der Waals surface area contributed by atoms with Gasteiger partial charge in [-0.05, 0) is 24.0 Å². The number of nitrogens with zero attached hydrogens (tertiary/aromatic N) is 3. The van der Waals surface area contributed by atoms with Crippen LogP contribution in [0, 0.1) is 0 Å². The molecule has 26 heavy (non-hydrogen) atoms. The summed E-state index contributed by atoms with van der Waals surface area (Å²) < 4.78 is 39.7. The molecule has 1 aliphatic rings. The molecule has 1 N–H and O–H groups in total. The van der Waals surface area contributed by atoms with E-state index in [0.717, 1.165) is 36.9 Å². The number of halogens is 3. The lowest BCUT2D eigenvalue weighted by Gasteiger charge is -2.28. The quantitative estimate of drug-likeness (QED) is 0.828. The Balaban J connectivity index is 1.48. The minimum Gasteiger partial charge on any atom is -0.352 e. The van der Waals surface area contributed by atoms with Gasteiger partial charge in [0.15, 0.2) is 5.69 Å². The van der Waals surface area contributed by atoms with Gasteiger partial charge in [0, 0.05) is 39.4 Å². The molecule has 2 aromatic rings. The van der Waals surface area contributed by atoms with Crippen LogP contribution in [-0.2, 0) is 26.2 Å². The lowest BCUT2D eigenvalue weighted by molar-refractivity contribution is -0.141. The number of nitrogens with one attached hydrogen (secondary N) is 1. The van der Waals surface area contributed by atoms with Gasteiger partial charge < -0.3 is 5.32 Å². The van der Waals surface area contributed by atoms with Crippen LogP contribution in [0.5, 0.6) is 0 Å². The molecule has 1 amide bonds. The molecule has 0 spiro atoms. The van der Waals surface area contributed by atoms with E-state index in [-0.39, 0.29) is 0 Å². The average Bonchev–Trinajstić information content (AvgIpc) is 3.01. The lowest BCUT2D eigenvalue weighted by atomic mass is 10.00. The minimum atomic E-state index is -4.64. The lowest BCUT2D eigenvalue weighted by Crippen LogP contribution is -2.34. The van der Waals surface area contributed by atoms with Gasteiger partial charge in [-0.2, -0.15) is 18.3 Å². The summed E-state index contributed by atoms with van der Waals surface area (Å²) in [6, 6.07) is 8.32. The van der Waals surface area contributed by atoms with Crippen molar-refractivity contribution < 1.29 is 18.0 Å². The zero-order chi connectivity index (χ0) is 18.7. The fourth-order valence-electron chi connectivity index (χ4n) is 3.21. The van der Waals surface area contributed by atoms with Crippen molar-refractivity contribution in [3.63, 3.8) is 0 Å². The second-order valence-electron chi connectivity index (χ2n) is 6.47. The molecule has 3 rings (SSSR count). The SMILES string of the molecule is Cn1cc(C(=O)NCCCN2CCc3ccccc3C2)c(C(F)(F)F)n1. The standard InChI is InChI=1S/C18H21F3N4O/c1-24-12-15(16(23-24)18(19,20)21)17(26)22-8-4-9-25-10-7-13-5-2-3-6-14(13)11-25/h2-3,5-6,12H,4,7-11H2,1H3,(H,22,26). The molecule has 1 aliphatic heterocycles. The number of aryl methyl sites for hydroxylation is 1. The maximum Gasteiger partial charge on any atom is 0.435 e. The van der Waals surface area contributed by atoms with Crippen LogP contribution < -0.4 is 5.32 Å². The summed E-state index contributed by atoms with van der Waals surface area (Å²) in [5, 5.41) is 5.91. The molecule has 5 nitrogen and oxygen atoms in total. The van der Waals surface area contributed by atoms with Crippen LogP contribution in [0.4, 0.5) is 13.2 Å². The van der Waals surface area contributed by atoms with Gasteiger partial charge in [-0.25, -0.2) is 0 Å². The van der Waals surface area contributed by atoms with E-state index in [2.05, 4.69) is 27.4 Å². The molecule has 0 radical (unpaired) electrons. The van der Waals surface area contributed by atoms with E-state index < -0.39 is 23.3 Å². The predicted molar refractivity (Wildman–Crippen MR) is 90.6 cm³/mol. The predicted octanol–water partition coefficient (Wildman–Crippen LogP) is 2.62. The number of hydrogen-bond acceptors (Lipinski definition) is 3. The molecule has 0 fully saturated rings. The third kappa shape index (κ3) is 4.24. The molecular weight excluding hydrogens is 345 g/mol. The first-order chi connectivity index (χ1) is 12.3. The molecule has 1 aromatic carbocycles. The van der Waals surface area contributed by atoms with Crippen LogP contribution in [0.25, 0.3) is 0 Å². The summed E-state index contributed by atoms with van der Waals surface area (Å²) in [7, 11) is 1.36. The second-order valence-corrected chi connectivity index (χ2v) is 6.47. The van der Waals surface area contributed by atoms with Crippen LogP contribution in [0.15, 0.2) is 30.5 Å². The first kappa shape index (κ1) is 18.4. The number of carbonyl (C=O) groups is 1. The highest BCUT2D eigenvalue weighted by Crippen LogP contribution is 2.30. The van der Waals surface area contributed by atoms with Crippen LogP contribution in [0.2, 0.25) is 0 Å². The Morgan fingerprint density at radius 3 is 2.73 bits per heavy atom. The van der Waals surface area contributed by atoms with Crippen molar-refractivity contribution in [2.45, 2.75) is 25.6 Å². The number of alkyl halides is 3. The van der Waals surface area contributed by atoms with Gasteiger partial charge in [-0.15, -0.1) is 0 Å². The molecule has 140 valence electrons. The van der Waals surface area contributed by atoms with Gasteiger partial charge in [0.2, 0.25) is 0 Å². The smallest absolute Gasteiger partial charge is 0.352 e. The zero-order valence-electron chi connectivity index (χ0n) is 14.5. The second kappa shape index (κ2) is 7.49. The maximum absolute atomic E-state index is 12.9. The van der Waals surface area contributed by atoms with E-state index in [1.54, 1.807) is 0 Å². The zero-order valence-corrected chi connectivity index (χ0v) is 14.5. The van der Waals surface area contributed by atoms with Gasteiger partial charge in [-0.3, -0.25) is 14.4 Å². The minimum absolute atomic E-state index is 0.323.